The molecule has 2 nitrogen and oxygen atoms in total. The fourth-order valence-corrected chi connectivity index (χ4v) is 3.01. The molecule has 1 atom stereocenters. The normalized spacial score (nSPS) is 19.6. The van der Waals surface area contributed by atoms with Crippen LogP contribution >= 0.6 is 0 Å². The van der Waals surface area contributed by atoms with Crippen molar-refractivity contribution >= 4 is 5.78 Å². The van der Waals surface area contributed by atoms with E-state index in [2.05, 4.69) is 11.8 Å². The van der Waals surface area contributed by atoms with Crippen LogP contribution in [0, 0.1) is 12.7 Å². The first kappa shape index (κ1) is 15.2. The van der Waals surface area contributed by atoms with E-state index in [4.69, 9.17) is 0 Å². The van der Waals surface area contributed by atoms with Gasteiger partial charge in [0.25, 0.3) is 0 Å². The molecule has 110 valence electrons. The highest BCUT2D eigenvalue weighted by molar-refractivity contribution is 6.03. The lowest BCUT2D eigenvalue weighted by Crippen LogP contribution is -2.53. The van der Waals surface area contributed by atoms with E-state index in [1.165, 1.54) is 12.5 Å². The van der Waals surface area contributed by atoms with Crippen LogP contribution in [0.25, 0.3) is 0 Å². The number of aryl methyl sites for hydroxylation is 1. The van der Waals surface area contributed by atoms with Gasteiger partial charge < -0.3 is 0 Å². The molecule has 0 aliphatic carbocycles. The van der Waals surface area contributed by atoms with Crippen LogP contribution in [0.5, 0.6) is 0 Å². The maximum absolute atomic E-state index is 13.4. The van der Waals surface area contributed by atoms with E-state index in [9.17, 15) is 9.18 Å². The molecule has 2 rings (SSSR count). The molecule has 1 aromatic rings. The Balaban J connectivity index is 2.29. The van der Waals surface area contributed by atoms with Crippen molar-refractivity contribution in [3.8, 4) is 0 Å². The topological polar surface area (TPSA) is 20.3 Å². The molecule has 3 heteroatoms. The Hall–Kier alpha value is -1.22. The molecule has 0 saturated carbocycles. The molecule has 1 unspecified atom stereocenters. The van der Waals surface area contributed by atoms with Gasteiger partial charge in [-0.1, -0.05) is 13.3 Å². The van der Waals surface area contributed by atoms with Crippen LogP contribution in [0.15, 0.2) is 18.2 Å². The molecule has 0 spiro atoms. The molecule has 1 aliphatic heterocycles. The third kappa shape index (κ3) is 2.78. The predicted octanol–water partition coefficient (Wildman–Crippen LogP) is 3.97. The molecular formula is C17H24FNO. The van der Waals surface area contributed by atoms with Gasteiger partial charge in [0, 0.05) is 5.56 Å². The summed E-state index contributed by atoms with van der Waals surface area (Å²) in [6.45, 7) is 7.75. The fourth-order valence-electron chi connectivity index (χ4n) is 3.01. The van der Waals surface area contributed by atoms with E-state index in [1.807, 2.05) is 6.92 Å². The van der Waals surface area contributed by atoms with Crippen LogP contribution in [0.4, 0.5) is 4.39 Å². The third-order valence-corrected chi connectivity index (χ3v) is 4.65. The monoisotopic (exact) mass is 277 g/mol. The van der Waals surface area contributed by atoms with Crippen LogP contribution in [0.1, 0.15) is 55.5 Å². The molecule has 1 saturated heterocycles. The van der Waals surface area contributed by atoms with Crippen LogP contribution in [0.3, 0.4) is 0 Å². The Bertz CT molecular complexity index is 494. The van der Waals surface area contributed by atoms with E-state index in [0.29, 0.717) is 11.1 Å². The number of nitrogens with zero attached hydrogens (tertiary/aromatic N) is 1. The number of rotatable bonds is 4. The molecule has 0 bridgehead atoms. The largest absolute Gasteiger partial charge is 0.292 e. The molecular weight excluding hydrogens is 253 g/mol. The van der Waals surface area contributed by atoms with Gasteiger partial charge in [0.1, 0.15) is 5.82 Å². The quantitative estimate of drug-likeness (QED) is 0.776. The summed E-state index contributed by atoms with van der Waals surface area (Å²) < 4.78 is 13.4. The Labute approximate surface area is 121 Å². The average Bonchev–Trinajstić information content (AvgIpc) is 2.49. The Kier molecular flexibility index (Phi) is 4.59. The molecule has 0 aromatic heterocycles. The first-order chi connectivity index (χ1) is 9.49. The molecule has 1 fully saturated rings. The number of Topliss-reactive ketones (excluding diaryl/α,β-unsaturated/α-hetero) is 1. The van der Waals surface area contributed by atoms with E-state index >= 15 is 0 Å². The molecule has 1 aliphatic rings. The van der Waals surface area contributed by atoms with Crippen molar-refractivity contribution in [1.29, 1.82) is 0 Å². The van der Waals surface area contributed by atoms with E-state index in [-0.39, 0.29) is 11.6 Å². The zero-order valence-electron chi connectivity index (χ0n) is 12.7. The maximum atomic E-state index is 13.4. The lowest BCUT2D eigenvalue weighted by atomic mass is 9.85. The summed E-state index contributed by atoms with van der Waals surface area (Å²) >= 11 is 0. The third-order valence-electron chi connectivity index (χ3n) is 4.65. The number of benzene rings is 1. The number of piperidine rings is 1. The Morgan fingerprint density at radius 2 is 1.95 bits per heavy atom. The summed E-state index contributed by atoms with van der Waals surface area (Å²) in [6, 6.07) is 4.69. The number of hydrogen-bond donors (Lipinski definition) is 0. The number of halogens is 1. The smallest absolute Gasteiger partial charge is 0.182 e. The van der Waals surface area contributed by atoms with E-state index in [1.54, 1.807) is 19.1 Å². The standard InChI is InChI=1S/C17H24FNO/c1-4-17(3,19-10-6-5-7-11-19)16(20)14-8-9-15(18)13(2)12-14/h8-9,12H,4-7,10-11H2,1-3H3. The summed E-state index contributed by atoms with van der Waals surface area (Å²) in [5.74, 6) is -0.136. The van der Waals surface area contributed by atoms with Gasteiger partial charge in [-0.25, -0.2) is 4.39 Å². The number of hydrogen-bond acceptors (Lipinski definition) is 2. The lowest BCUT2D eigenvalue weighted by molar-refractivity contribution is 0.0505. The SMILES string of the molecule is CCC(C)(C(=O)c1ccc(F)c(C)c1)N1CCCCC1. The number of ketones is 1. The van der Waals surface area contributed by atoms with Crippen LogP contribution in [-0.2, 0) is 0 Å². The molecule has 0 N–H and O–H groups in total. The lowest BCUT2D eigenvalue weighted by Gasteiger charge is -2.42. The van der Waals surface area contributed by atoms with Crippen LogP contribution in [0.2, 0.25) is 0 Å². The van der Waals surface area contributed by atoms with Crippen molar-refractivity contribution in [2.24, 2.45) is 0 Å². The van der Waals surface area contributed by atoms with Gasteiger partial charge in [0.05, 0.1) is 5.54 Å². The molecule has 0 radical (unpaired) electrons. The highest BCUT2D eigenvalue weighted by atomic mass is 19.1. The Morgan fingerprint density at radius 1 is 1.30 bits per heavy atom. The second kappa shape index (κ2) is 6.04. The van der Waals surface area contributed by atoms with Gasteiger partial charge in [-0.15, -0.1) is 0 Å². The number of carbonyl (C=O) groups is 1. The van der Waals surface area contributed by atoms with E-state index < -0.39 is 5.54 Å². The van der Waals surface area contributed by atoms with Gasteiger partial charge in [-0.3, -0.25) is 9.69 Å². The van der Waals surface area contributed by atoms with Crippen molar-refractivity contribution < 1.29 is 9.18 Å². The summed E-state index contributed by atoms with van der Waals surface area (Å²) in [6.07, 6.45) is 4.35. The second-order valence-corrected chi connectivity index (χ2v) is 5.97. The highest BCUT2D eigenvalue weighted by Crippen LogP contribution is 2.28. The summed E-state index contributed by atoms with van der Waals surface area (Å²) in [5.41, 5.74) is 0.691. The first-order valence-electron chi connectivity index (χ1n) is 7.55. The van der Waals surface area contributed by atoms with Crippen LogP contribution < -0.4 is 0 Å². The minimum absolute atomic E-state index is 0.116. The van der Waals surface area contributed by atoms with Gasteiger partial charge in [-0.2, -0.15) is 0 Å². The summed E-state index contributed by atoms with van der Waals surface area (Å²) in [4.78, 5) is 15.2. The predicted molar refractivity (Wildman–Crippen MR) is 79.6 cm³/mol. The average molecular weight is 277 g/mol. The maximum Gasteiger partial charge on any atom is 0.182 e. The molecule has 0 amide bonds. The van der Waals surface area contributed by atoms with Gasteiger partial charge in [-0.05, 0) is 70.0 Å². The van der Waals surface area contributed by atoms with Gasteiger partial charge in [0.2, 0.25) is 0 Å². The minimum atomic E-state index is -0.468. The zero-order chi connectivity index (χ0) is 14.8. The number of carbonyl (C=O) groups excluding carboxylic acids is 1. The molecule has 1 heterocycles. The second-order valence-electron chi connectivity index (χ2n) is 5.97. The summed E-state index contributed by atoms with van der Waals surface area (Å²) in [7, 11) is 0. The summed E-state index contributed by atoms with van der Waals surface area (Å²) in [5, 5.41) is 0. The fraction of sp³-hybridized carbons (Fsp3) is 0.588. The van der Waals surface area contributed by atoms with Gasteiger partial charge >= 0.3 is 0 Å². The highest BCUT2D eigenvalue weighted by Gasteiger charge is 2.38. The molecule has 1 aromatic carbocycles. The Morgan fingerprint density at radius 3 is 2.50 bits per heavy atom. The van der Waals surface area contributed by atoms with Crippen molar-refractivity contribution in [2.45, 2.75) is 52.0 Å². The van der Waals surface area contributed by atoms with Gasteiger partial charge in [0.15, 0.2) is 5.78 Å². The first-order valence-corrected chi connectivity index (χ1v) is 7.55. The minimum Gasteiger partial charge on any atom is -0.292 e. The van der Waals surface area contributed by atoms with Crippen molar-refractivity contribution in [3.05, 3.63) is 35.1 Å². The van der Waals surface area contributed by atoms with Crippen molar-refractivity contribution in [1.82, 2.24) is 4.90 Å². The van der Waals surface area contributed by atoms with Crippen LogP contribution in [-0.4, -0.2) is 29.3 Å². The number of likely N-dealkylation sites (tertiary alicyclic amines) is 1. The molecule has 20 heavy (non-hydrogen) atoms. The van der Waals surface area contributed by atoms with Crippen molar-refractivity contribution in [3.63, 3.8) is 0 Å². The van der Waals surface area contributed by atoms with Crippen molar-refractivity contribution in [2.75, 3.05) is 13.1 Å². The van der Waals surface area contributed by atoms with E-state index in [0.717, 1.165) is 32.4 Å². The zero-order valence-corrected chi connectivity index (χ0v) is 12.7.